The molecule has 3 unspecified atom stereocenters. The van der Waals surface area contributed by atoms with Crippen molar-refractivity contribution in [1.82, 2.24) is 10.6 Å². The van der Waals surface area contributed by atoms with E-state index in [-0.39, 0.29) is 30.3 Å². The Labute approximate surface area is 140 Å². The minimum Gasteiger partial charge on any atom is -0.352 e. The van der Waals surface area contributed by atoms with Gasteiger partial charge in [0.25, 0.3) is 0 Å². The van der Waals surface area contributed by atoms with Gasteiger partial charge in [-0.1, -0.05) is 44.2 Å². The normalized spacial score (nSPS) is 22.7. The van der Waals surface area contributed by atoms with Gasteiger partial charge >= 0.3 is 0 Å². The molecule has 0 radical (unpaired) electrons. The molecule has 124 valence electrons. The summed E-state index contributed by atoms with van der Waals surface area (Å²) in [5, 5.41) is 6.71. The second-order valence-corrected chi connectivity index (χ2v) is 6.54. The van der Waals surface area contributed by atoms with Crippen molar-refractivity contribution in [3.8, 4) is 0 Å². The molecule has 3 nitrogen and oxygen atoms in total. The molecule has 0 bridgehead atoms. The topological polar surface area (TPSA) is 41.1 Å². The molecule has 22 heavy (non-hydrogen) atoms. The standard InChI is InChI=1S/C18H28N2O.ClH/c1-13(2)16(12-15-8-5-4-6-9-15)18(21)20-17-10-7-11-19-14(17)3;/h4-6,8-9,13-14,16-17,19H,7,10-12H2,1-3H3,(H,20,21);1H. The highest BCUT2D eigenvalue weighted by Crippen LogP contribution is 2.19. The van der Waals surface area contributed by atoms with Crippen molar-refractivity contribution in [3.05, 3.63) is 35.9 Å². The number of amides is 1. The first-order valence-electron chi connectivity index (χ1n) is 8.15. The summed E-state index contributed by atoms with van der Waals surface area (Å²) in [6, 6.07) is 10.9. The zero-order valence-electron chi connectivity index (χ0n) is 13.8. The molecule has 1 heterocycles. The van der Waals surface area contributed by atoms with Crippen molar-refractivity contribution in [2.24, 2.45) is 11.8 Å². The van der Waals surface area contributed by atoms with Crippen LogP contribution in [0.5, 0.6) is 0 Å². The SMILES string of the molecule is CC(C)C(Cc1ccccc1)C(=O)NC1CCCNC1C.Cl. The van der Waals surface area contributed by atoms with Crippen LogP contribution in [-0.2, 0) is 11.2 Å². The third-order valence-electron chi connectivity index (χ3n) is 4.53. The quantitative estimate of drug-likeness (QED) is 0.873. The first kappa shape index (κ1) is 19.0. The van der Waals surface area contributed by atoms with Gasteiger partial charge in [0.15, 0.2) is 0 Å². The Hall–Kier alpha value is -1.06. The van der Waals surface area contributed by atoms with E-state index in [1.54, 1.807) is 0 Å². The average Bonchev–Trinajstić information content (AvgIpc) is 2.48. The summed E-state index contributed by atoms with van der Waals surface area (Å²) >= 11 is 0. The second-order valence-electron chi connectivity index (χ2n) is 6.54. The monoisotopic (exact) mass is 324 g/mol. The van der Waals surface area contributed by atoms with E-state index in [1.165, 1.54) is 5.56 Å². The van der Waals surface area contributed by atoms with Crippen molar-refractivity contribution in [2.75, 3.05) is 6.54 Å². The Bertz CT molecular complexity index is 450. The van der Waals surface area contributed by atoms with E-state index in [0.717, 1.165) is 25.8 Å². The fourth-order valence-electron chi connectivity index (χ4n) is 3.03. The molecule has 0 aliphatic carbocycles. The summed E-state index contributed by atoms with van der Waals surface area (Å²) < 4.78 is 0. The third-order valence-corrected chi connectivity index (χ3v) is 4.53. The smallest absolute Gasteiger partial charge is 0.223 e. The molecule has 1 amide bonds. The largest absolute Gasteiger partial charge is 0.352 e. The zero-order chi connectivity index (χ0) is 15.2. The van der Waals surface area contributed by atoms with Crippen LogP contribution in [-0.4, -0.2) is 24.5 Å². The molecule has 1 aromatic rings. The van der Waals surface area contributed by atoms with E-state index in [9.17, 15) is 4.79 Å². The molecule has 1 aliphatic rings. The number of nitrogens with one attached hydrogen (secondary N) is 2. The second kappa shape index (κ2) is 9.16. The molecule has 0 saturated carbocycles. The Morgan fingerprint density at radius 3 is 2.59 bits per heavy atom. The highest BCUT2D eigenvalue weighted by Gasteiger charge is 2.28. The lowest BCUT2D eigenvalue weighted by molar-refractivity contribution is -0.127. The number of benzene rings is 1. The molecule has 1 aliphatic heterocycles. The maximum Gasteiger partial charge on any atom is 0.223 e. The lowest BCUT2D eigenvalue weighted by Gasteiger charge is -2.32. The van der Waals surface area contributed by atoms with Crippen LogP contribution in [0.4, 0.5) is 0 Å². The van der Waals surface area contributed by atoms with Gasteiger partial charge in [0, 0.05) is 18.0 Å². The first-order chi connectivity index (χ1) is 10.1. The predicted molar refractivity (Wildman–Crippen MR) is 94.4 cm³/mol. The molecule has 0 spiro atoms. The average molecular weight is 325 g/mol. The fraction of sp³-hybridized carbons (Fsp3) is 0.611. The Morgan fingerprint density at radius 2 is 2.00 bits per heavy atom. The zero-order valence-corrected chi connectivity index (χ0v) is 14.7. The molecule has 3 atom stereocenters. The Morgan fingerprint density at radius 1 is 1.32 bits per heavy atom. The van der Waals surface area contributed by atoms with Gasteiger partial charge < -0.3 is 10.6 Å². The number of piperidine rings is 1. The van der Waals surface area contributed by atoms with Crippen LogP contribution in [0.15, 0.2) is 30.3 Å². The summed E-state index contributed by atoms with van der Waals surface area (Å²) in [6.07, 6.45) is 3.04. The molecule has 1 fully saturated rings. The van der Waals surface area contributed by atoms with Crippen LogP contribution in [0.1, 0.15) is 39.2 Å². The summed E-state index contributed by atoms with van der Waals surface area (Å²) in [5.74, 6) is 0.591. The van der Waals surface area contributed by atoms with Crippen molar-refractivity contribution >= 4 is 18.3 Å². The lowest BCUT2D eigenvalue weighted by Crippen LogP contribution is -2.53. The first-order valence-corrected chi connectivity index (χ1v) is 8.15. The Balaban J connectivity index is 0.00000242. The van der Waals surface area contributed by atoms with Crippen molar-refractivity contribution in [1.29, 1.82) is 0 Å². The Kier molecular flexibility index (Phi) is 7.91. The van der Waals surface area contributed by atoms with Crippen LogP contribution >= 0.6 is 12.4 Å². The van der Waals surface area contributed by atoms with E-state index >= 15 is 0 Å². The molecule has 0 aromatic heterocycles. The molecular weight excluding hydrogens is 296 g/mol. The number of halogens is 1. The van der Waals surface area contributed by atoms with Crippen molar-refractivity contribution < 1.29 is 4.79 Å². The van der Waals surface area contributed by atoms with Gasteiger partial charge in [-0.15, -0.1) is 12.4 Å². The summed E-state index contributed by atoms with van der Waals surface area (Å²) in [7, 11) is 0. The highest BCUT2D eigenvalue weighted by molar-refractivity contribution is 5.85. The highest BCUT2D eigenvalue weighted by atomic mass is 35.5. The van der Waals surface area contributed by atoms with Crippen LogP contribution in [0, 0.1) is 11.8 Å². The van der Waals surface area contributed by atoms with Gasteiger partial charge in [0.2, 0.25) is 5.91 Å². The van der Waals surface area contributed by atoms with E-state index in [0.29, 0.717) is 12.0 Å². The summed E-state index contributed by atoms with van der Waals surface area (Å²) in [6.45, 7) is 7.49. The number of hydrogen-bond donors (Lipinski definition) is 2. The van der Waals surface area contributed by atoms with Crippen molar-refractivity contribution in [3.63, 3.8) is 0 Å². The molecular formula is C18H29ClN2O. The molecule has 1 saturated heterocycles. The van der Waals surface area contributed by atoms with Gasteiger partial charge in [-0.25, -0.2) is 0 Å². The molecule has 2 rings (SSSR count). The van der Waals surface area contributed by atoms with Gasteiger partial charge in [0.1, 0.15) is 0 Å². The van der Waals surface area contributed by atoms with Gasteiger partial charge in [-0.05, 0) is 44.2 Å². The van der Waals surface area contributed by atoms with Crippen LogP contribution < -0.4 is 10.6 Å². The number of hydrogen-bond acceptors (Lipinski definition) is 2. The van der Waals surface area contributed by atoms with Crippen LogP contribution in [0.2, 0.25) is 0 Å². The predicted octanol–water partition coefficient (Wildman–Crippen LogP) is 3.18. The van der Waals surface area contributed by atoms with E-state index in [1.807, 2.05) is 18.2 Å². The number of carbonyl (C=O) groups excluding carboxylic acids is 1. The number of rotatable bonds is 5. The van der Waals surface area contributed by atoms with E-state index in [2.05, 4.69) is 43.5 Å². The lowest BCUT2D eigenvalue weighted by atomic mass is 9.87. The maximum atomic E-state index is 12.7. The minimum atomic E-state index is 0. The maximum absolute atomic E-state index is 12.7. The van der Waals surface area contributed by atoms with E-state index < -0.39 is 0 Å². The number of carbonyl (C=O) groups is 1. The summed E-state index contributed by atoms with van der Waals surface area (Å²) in [4.78, 5) is 12.7. The molecule has 4 heteroatoms. The van der Waals surface area contributed by atoms with Gasteiger partial charge in [0.05, 0.1) is 0 Å². The van der Waals surface area contributed by atoms with Gasteiger partial charge in [-0.2, -0.15) is 0 Å². The molecule has 1 aromatic carbocycles. The van der Waals surface area contributed by atoms with E-state index in [4.69, 9.17) is 0 Å². The fourth-order valence-corrected chi connectivity index (χ4v) is 3.03. The van der Waals surface area contributed by atoms with Crippen LogP contribution in [0.25, 0.3) is 0 Å². The summed E-state index contributed by atoms with van der Waals surface area (Å²) in [5.41, 5.74) is 1.24. The minimum absolute atomic E-state index is 0. The van der Waals surface area contributed by atoms with Gasteiger partial charge in [-0.3, -0.25) is 4.79 Å². The molecule has 2 N–H and O–H groups in total. The van der Waals surface area contributed by atoms with Crippen molar-refractivity contribution in [2.45, 2.75) is 52.1 Å². The van der Waals surface area contributed by atoms with Crippen LogP contribution in [0.3, 0.4) is 0 Å². The third kappa shape index (κ3) is 5.29.